The van der Waals surface area contributed by atoms with Crippen LogP contribution in [0, 0.1) is 18.6 Å². The minimum absolute atomic E-state index is 0.0896. The SMILES string of the molecule is Cc1cc2c(n1-c1c(F)cc(F)cc1Br)CCCC2=O. The minimum Gasteiger partial charge on any atom is -0.314 e. The molecule has 0 radical (unpaired) electrons. The van der Waals surface area contributed by atoms with Crippen molar-refractivity contribution >= 4 is 21.7 Å². The van der Waals surface area contributed by atoms with Gasteiger partial charge in [0.2, 0.25) is 0 Å². The number of benzene rings is 1. The van der Waals surface area contributed by atoms with Crippen LogP contribution in [0.25, 0.3) is 5.69 Å². The predicted molar refractivity (Wildman–Crippen MR) is 75.4 cm³/mol. The van der Waals surface area contributed by atoms with Gasteiger partial charge in [0.25, 0.3) is 0 Å². The van der Waals surface area contributed by atoms with E-state index < -0.39 is 11.6 Å². The number of rotatable bonds is 1. The Kier molecular flexibility index (Phi) is 3.24. The van der Waals surface area contributed by atoms with Crippen LogP contribution in [0.3, 0.4) is 0 Å². The van der Waals surface area contributed by atoms with E-state index in [1.807, 2.05) is 6.92 Å². The van der Waals surface area contributed by atoms with Gasteiger partial charge in [-0.05, 0) is 47.8 Å². The lowest BCUT2D eigenvalue weighted by atomic mass is 9.96. The van der Waals surface area contributed by atoms with Gasteiger partial charge >= 0.3 is 0 Å². The van der Waals surface area contributed by atoms with Crippen molar-refractivity contribution in [1.82, 2.24) is 4.57 Å². The fourth-order valence-corrected chi connectivity index (χ4v) is 3.37. The van der Waals surface area contributed by atoms with Gasteiger partial charge in [0.15, 0.2) is 11.6 Å². The normalized spacial score (nSPS) is 14.5. The van der Waals surface area contributed by atoms with E-state index in [0.29, 0.717) is 16.5 Å². The first-order valence-electron chi connectivity index (χ1n) is 6.38. The smallest absolute Gasteiger partial charge is 0.164 e. The lowest BCUT2D eigenvalue weighted by molar-refractivity contribution is 0.0972. The van der Waals surface area contributed by atoms with Crippen molar-refractivity contribution in [2.24, 2.45) is 0 Å². The summed E-state index contributed by atoms with van der Waals surface area (Å²) in [7, 11) is 0. The molecule has 0 fully saturated rings. The summed E-state index contributed by atoms with van der Waals surface area (Å²) in [4.78, 5) is 11.9. The third-order valence-electron chi connectivity index (χ3n) is 3.61. The van der Waals surface area contributed by atoms with Crippen molar-refractivity contribution < 1.29 is 13.6 Å². The molecule has 1 aliphatic rings. The summed E-state index contributed by atoms with van der Waals surface area (Å²) in [5.74, 6) is -1.18. The topological polar surface area (TPSA) is 22.0 Å². The molecule has 20 heavy (non-hydrogen) atoms. The van der Waals surface area contributed by atoms with Crippen LogP contribution in [0.4, 0.5) is 8.78 Å². The van der Waals surface area contributed by atoms with Gasteiger partial charge < -0.3 is 4.57 Å². The molecule has 1 heterocycles. The zero-order valence-electron chi connectivity index (χ0n) is 10.8. The monoisotopic (exact) mass is 339 g/mol. The van der Waals surface area contributed by atoms with E-state index >= 15 is 0 Å². The lowest BCUT2D eigenvalue weighted by Gasteiger charge is -2.17. The summed E-state index contributed by atoms with van der Waals surface area (Å²) >= 11 is 3.21. The summed E-state index contributed by atoms with van der Waals surface area (Å²) in [6.07, 6.45) is 2.01. The first-order chi connectivity index (χ1) is 9.49. The molecule has 1 aromatic carbocycles. The molecule has 0 amide bonds. The van der Waals surface area contributed by atoms with Crippen molar-refractivity contribution in [2.45, 2.75) is 26.2 Å². The molecule has 2 aromatic rings. The predicted octanol–water partition coefficient (Wildman–Crippen LogP) is 4.35. The Balaban J connectivity index is 2.29. The standard InChI is InChI=1S/C15H12BrF2NO/c1-8-5-10-13(3-2-4-14(10)20)19(8)15-11(16)6-9(17)7-12(15)18/h5-7H,2-4H2,1H3. The highest BCUT2D eigenvalue weighted by atomic mass is 79.9. The van der Waals surface area contributed by atoms with E-state index in [1.54, 1.807) is 10.6 Å². The van der Waals surface area contributed by atoms with Crippen LogP contribution >= 0.6 is 15.9 Å². The number of carbonyl (C=O) groups excluding carboxylic acids is 1. The maximum absolute atomic E-state index is 14.1. The van der Waals surface area contributed by atoms with Gasteiger partial charge in [-0.2, -0.15) is 0 Å². The van der Waals surface area contributed by atoms with Crippen molar-refractivity contribution in [3.63, 3.8) is 0 Å². The molecule has 0 spiro atoms. The van der Waals surface area contributed by atoms with Crippen molar-refractivity contribution in [3.05, 3.63) is 51.3 Å². The molecular formula is C15H12BrF2NO. The summed E-state index contributed by atoms with van der Waals surface area (Å²) in [6.45, 7) is 1.82. The van der Waals surface area contributed by atoms with Crippen molar-refractivity contribution in [1.29, 1.82) is 0 Å². The fraction of sp³-hybridized carbons (Fsp3) is 0.267. The van der Waals surface area contributed by atoms with Gasteiger partial charge in [-0.1, -0.05) is 0 Å². The molecule has 0 saturated carbocycles. The van der Waals surface area contributed by atoms with E-state index in [-0.39, 0.29) is 11.5 Å². The average Bonchev–Trinajstić information content (AvgIpc) is 2.67. The van der Waals surface area contributed by atoms with Gasteiger partial charge in [-0.25, -0.2) is 8.78 Å². The van der Waals surface area contributed by atoms with E-state index in [2.05, 4.69) is 15.9 Å². The van der Waals surface area contributed by atoms with Crippen LogP contribution in [0.2, 0.25) is 0 Å². The third kappa shape index (κ3) is 2.00. The van der Waals surface area contributed by atoms with Crippen molar-refractivity contribution in [2.75, 3.05) is 0 Å². The Morgan fingerprint density at radius 2 is 1.95 bits per heavy atom. The number of hydrogen-bond acceptors (Lipinski definition) is 1. The van der Waals surface area contributed by atoms with Crippen molar-refractivity contribution in [3.8, 4) is 5.69 Å². The second-order valence-electron chi connectivity index (χ2n) is 4.98. The Morgan fingerprint density at radius 1 is 1.20 bits per heavy atom. The number of carbonyl (C=O) groups is 1. The fourth-order valence-electron chi connectivity index (χ4n) is 2.79. The molecule has 0 atom stereocenters. The van der Waals surface area contributed by atoms with E-state index in [1.165, 1.54) is 6.07 Å². The summed E-state index contributed by atoms with van der Waals surface area (Å²) in [5.41, 5.74) is 2.51. The number of hydrogen-bond donors (Lipinski definition) is 0. The molecule has 1 aliphatic carbocycles. The Hall–Kier alpha value is -1.49. The molecule has 0 bridgehead atoms. The molecule has 0 saturated heterocycles. The highest BCUT2D eigenvalue weighted by Crippen LogP contribution is 2.33. The second-order valence-corrected chi connectivity index (χ2v) is 5.83. The Bertz CT molecular complexity index is 698. The Morgan fingerprint density at radius 3 is 2.65 bits per heavy atom. The van der Waals surface area contributed by atoms with Gasteiger partial charge in [0, 0.05) is 33.9 Å². The Labute approximate surface area is 123 Å². The first-order valence-corrected chi connectivity index (χ1v) is 7.17. The van der Waals surface area contributed by atoms with E-state index in [4.69, 9.17) is 0 Å². The van der Waals surface area contributed by atoms with E-state index in [9.17, 15) is 13.6 Å². The number of Topliss-reactive ketones (excluding diaryl/α,β-unsaturated/α-hetero) is 1. The number of fused-ring (bicyclic) bond motifs is 1. The molecular weight excluding hydrogens is 328 g/mol. The molecule has 0 unspecified atom stereocenters. The van der Waals surface area contributed by atoms with Crippen LogP contribution in [0.5, 0.6) is 0 Å². The van der Waals surface area contributed by atoms with E-state index in [0.717, 1.165) is 30.3 Å². The maximum Gasteiger partial charge on any atom is 0.164 e. The molecule has 1 aromatic heterocycles. The summed E-state index contributed by atoms with van der Waals surface area (Å²) < 4.78 is 29.4. The van der Waals surface area contributed by atoms with Gasteiger partial charge in [0.05, 0.1) is 5.69 Å². The molecule has 2 nitrogen and oxygen atoms in total. The molecule has 3 rings (SSSR count). The average molecular weight is 340 g/mol. The van der Waals surface area contributed by atoms with Crippen LogP contribution in [-0.4, -0.2) is 10.4 Å². The van der Waals surface area contributed by atoms with Gasteiger partial charge in [-0.3, -0.25) is 4.79 Å². The zero-order chi connectivity index (χ0) is 14.4. The number of nitrogens with zero attached hydrogens (tertiary/aromatic N) is 1. The molecule has 0 aliphatic heterocycles. The van der Waals surface area contributed by atoms with Gasteiger partial charge in [-0.15, -0.1) is 0 Å². The highest BCUT2D eigenvalue weighted by molar-refractivity contribution is 9.10. The van der Waals surface area contributed by atoms with Crippen LogP contribution in [0.1, 0.15) is 34.6 Å². The number of halogens is 3. The molecule has 0 N–H and O–H groups in total. The number of aryl methyl sites for hydroxylation is 1. The summed E-state index contributed by atoms with van der Waals surface area (Å²) in [6, 6.07) is 3.87. The van der Waals surface area contributed by atoms with Crippen LogP contribution < -0.4 is 0 Å². The lowest BCUT2D eigenvalue weighted by Crippen LogP contribution is -2.13. The molecule has 5 heteroatoms. The highest BCUT2D eigenvalue weighted by Gasteiger charge is 2.25. The zero-order valence-corrected chi connectivity index (χ0v) is 12.4. The van der Waals surface area contributed by atoms with Gasteiger partial charge in [0.1, 0.15) is 5.82 Å². The quantitative estimate of drug-likeness (QED) is 0.757. The second kappa shape index (κ2) is 4.81. The first kappa shape index (κ1) is 13.5. The molecule has 104 valence electrons. The maximum atomic E-state index is 14.1. The number of aromatic nitrogens is 1. The third-order valence-corrected chi connectivity index (χ3v) is 4.21. The minimum atomic E-state index is -0.642. The largest absolute Gasteiger partial charge is 0.314 e. The van der Waals surface area contributed by atoms with Crippen LogP contribution in [0.15, 0.2) is 22.7 Å². The summed E-state index contributed by atoms with van der Waals surface area (Å²) in [5, 5.41) is 0. The number of ketones is 1. The van der Waals surface area contributed by atoms with Crippen LogP contribution in [-0.2, 0) is 6.42 Å².